The van der Waals surface area contributed by atoms with Crippen molar-refractivity contribution in [2.45, 2.75) is 11.6 Å². The molecule has 13 heavy (non-hydrogen) atoms. The maximum atomic E-state index is 9.90. The lowest BCUT2D eigenvalue weighted by Gasteiger charge is -2.41. The lowest BCUT2D eigenvalue weighted by molar-refractivity contribution is -0.0344. The molecule has 0 spiro atoms. The number of hydrogen-bond acceptors (Lipinski definition) is 4. The number of aryl methyl sites for hydroxylation is 1. The molecule has 0 radical (unpaired) electrons. The van der Waals surface area contributed by atoms with Crippen LogP contribution in [0.1, 0.15) is 11.7 Å². The summed E-state index contributed by atoms with van der Waals surface area (Å²) in [6.07, 6.45) is 1.82. The van der Waals surface area contributed by atoms with E-state index in [-0.39, 0.29) is 0 Å². The Bertz CT molecular complexity index is 305. The highest BCUT2D eigenvalue weighted by Gasteiger charge is 2.42. The molecule has 0 aliphatic carbocycles. The maximum Gasteiger partial charge on any atom is 0.110 e. The van der Waals surface area contributed by atoms with Gasteiger partial charge in [0, 0.05) is 26.3 Å². The molecule has 72 valence electrons. The molecule has 1 unspecified atom stereocenters. The Morgan fingerprint density at radius 3 is 2.85 bits per heavy atom. The van der Waals surface area contributed by atoms with E-state index < -0.39 is 11.6 Å². The highest BCUT2D eigenvalue weighted by atomic mass is 16.3. The van der Waals surface area contributed by atoms with Gasteiger partial charge >= 0.3 is 0 Å². The summed E-state index contributed by atoms with van der Waals surface area (Å²) in [6, 6.07) is 1.44. The minimum atomic E-state index is -0.811. The molecule has 1 atom stereocenters. The lowest BCUT2D eigenvalue weighted by Crippen LogP contribution is -2.64. The van der Waals surface area contributed by atoms with Crippen molar-refractivity contribution in [1.82, 2.24) is 15.1 Å². The molecule has 1 fully saturated rings. The molecule has 5 nitrogen and oxygen atoms in total. The van der Waals surface area contributed by atoms with E-state index in [4.69, 9.17) is 5.73 Å². The molecule has 5 heteroatoms. The summed E-state index contributed by atoms with van der Waals surface area (Å²) in [6.45, 7) is 1.09. The molecular weight excluding hydrogens is 168 g/mol. The van der Waals surface area contributed by atoms with Gasteiger partial charge in [-0.1, -0.05) is 0 Å². The Kier molecular flexibility index (Phi) is 1.87. The second kappa shape index (κ2) is 2.80. The molecule has 2 rings (SSSR count). The number of nitrogens with zero attached hydrogens (tertiary/aromatic N) is 2. The van der Waals surface area contributed by atoms with Crippen molar-refractivity contribution in [1.29, 1.82) is 0 Å². The van der Waals surface area contributed by atoms with Gasteiger partial charge in [0.2, 0.25) is 0 Å². The third-order valence-electron chi connectivity index (χ3n) is 2.49. The van der Waals surface area contributed by atoms with Crippen LogP contribution in [0.15, 0.2) is 12.3 Å². The zero-order valence-electron chi connectivity index (χ0n) is 7.57. The fraction of sp³-hybridized carbons (Fsp3) is 0.625. The van der Waals surface area contributed by atoms with Crippen molar-refractivity contribution in [2.75, 3.05) is 13.1 Å². The third-order valence-corrected chi connectivity index (χ3v) is 2.49. The maximum absolute atomic E-state index is 9.90. The van der Waals surface area contributed by atoms with Crippen LogP contribution in [0.25, 0.3) is 0 Å². The van der Waals surface area contributed by atoms with E-state index in [9.17, 15) is 5.11 Å². The van der Waals surface area contributed by atoms with Crippen LogP contribution in [-0.2, 0) is 7.05 Å². The molecular formula is C8H14N4O. The highest BCUT2D eigenvalue weighted by Crippen LogP contribution is 2.25. The predicted molar refractivity (Wildman–Crippen MR) is 48.0 cm³/mol. The van der Waals surface area contributed by atoms with Crippen molar-refractivity contribution < 1.29 is 5.11 Å². The Labute approximate surface area is 76.5 Å². The molecule has 1 aromatic rings. The fourth-order valence-corrected chi connectivity index (χ4v) is 1.48. The van der Waals surface area contributed by atoms with Gasteiger partial charge in [-0.15, -0.1) is 0 Å². The number of nitrogens with one attached hydrogen (secondary N) is 1. The number of β-amino-alcohol motifs (C(OH)–C–C–N with tert-alkyl or cyclic N) is 1. The zero-order chi connectivity index (χ0) is 9.47. The van der Waals surface area contributed by atoms with Crippen LogP contribution in [0, 0.1) is 0 Å². The van der Waals surface area contributed by atoms with Gasteiger partial charge in [-0.05, 0) is 6.07 Å². The van der Waals surface area contributed by atoms with E-state index in [0.29, 0.717) is 13.1 Å². The molecule has 0 bridgehead atoms. The van der Waals surface area contributed by atoms with Crippen molar-refractivity contribution in [3.63, 3.8) is 0 Å². The minimum absolute atomic E-state index is 0.394. The number of nitrogens with two attached hydrogens (primary N) is 1. The first kappa shape index (κ1) is 8.68. The van der Waals surface area contributed by atoms with Crippen LogP contribution >= 0.6 is 0 Å². The monoisotopic (exact) mass is 182 g/mol. The number of rotatable bonds is 2. The van der Waals surface area contributed by atoms with Gasteiger partial charge in [-0.3, -0.25) is 4.68 Å². The standard InChI is InChI=1S/C8H14N4O/c1-12-3-2-6(11-12)7(9)8(13)4-10-5-8/h2-3,7,10,13H,4-5,9H2,1H3. The van der Waals surface area contributed by atoms with Gasteiger partial charge in [-0.2, -0.15) is 5.10 Å². The number of aliphatic hydroxyl groups is 1. The van der Waals surface area contributed by atoms with Crippen LogP contribution < -0.4 is 11.1 Å². The van der Waals surface area contributed by atoms with Gasteiger partial charge < -0.3 is 16.2 Å². The summed E-state index contributed by atoms with van der Waals surface area (Å²) < 4.78 is 1.69. The topological polar surface area (TPSA) is 76.1 Å². The average molecular weight is 182 g/mol. The molecule has 0 saturated carbocycles. The van der Waals surface area contributed by atoms with Gasteiger partial charge in [0.15, 0.2) is 0 Å². The second-order valence-electron chi connectivity index (χ2n) is 3.60. The Hall–Kier alpha value is -0.910. The Morgan fingerprint density at radius 1 is 1.77 bits per heavy atom. The highest BCUT2D eigenvalue weighted by molar-refractivity contribution is 5.14. The van der Waals surface area contributed by atoms with Gasteiger partial charge in [0.25, 0.3) is 0 Å². The van der Waals surface area contributed by atoms with Crippen LogP contribution in [0.2, 0.25) is 0 Å². The lowest BCUT2D eigenvalue weighted by atomic mass is 9.87. The normalized spacial score (nSPS) is 22.4. The molecule has 4 N–H and O–H groups in total. The Morgan fingerprint density at radius 2 is 2.46 bits per heavy atom. The fourth-order valence-electron chi connectivity index (χ4n) is 1.48. The third kappa shape index (κ3) is 1.35. The molecule has 0 aromatic carbocycles. The van der Waals surface area contributed by atoms with Crippen molar-refractivity contribution in [2.24, 2.45) is 12.8 Å². The summed E-state index contributed by atoms with van der Waals surface area (Å²) in [5.41, 5.74) is 5.81. The van der Waals surface area contributed by atoms with Crippen LogP contribution in [0.5, 0.6) is 0 Å². The zero-order valence-corrected chi connectivity index (χ0v) is 7.57. The Balaban J connectivity index is 2.17. The van der Waals surface area contributed by atoms with E-state index in [1.54, 1.807) is 4.68 Å². The predicted octanol–water partition coefficient (Wildman–Crippen LogP) is -1.25. The summed E-state index contributed by atoms with van der Waals surface area (Å²) >= 11 is 0. The van der Waals surface area contributed by atoms with Gasteiger partial charge in [0.1, 0.15) is 5.60 Å². The van der Waals surface area contributed by atoms with E-state index >= 15 is 0 Å². The smallest absolute Gasteiger partial charge is 0.110 e. The molecule has 2 heterocycles. The summed E-state index contributed by atoms with van der Waals surface area (Å²) in [5.74, 6) is 0. The second-order valence-corrected chi connectivity index (χ2v) is 3.60. The van der Waals surface area contributed by atoms with Crippen molar-refractivity contribution >= 4 is 0 Å². The van der Waals surface area contributed by atoms with Gasteiger partial charge in [0.05, 0.1) is 11.7 Å². The summed E-state index contributed by atoms with van der Waals surface area (Å²) in [7, 11) is 1.83. The first-order chi connectivity index (χ1) is 6.12. The first-order valence-electron chi connectivity index (χ1n) is 4.30. The molecule has 0 amide bonds. The van der Waals surface area contributed by atoms with E-state index in [2.05, 4.69) is 10.4 Å². The van der Waals surface area contributed by atoms with Gasteiger partial charge in [-0.25, -0.2) is 0 Å². The van der Waals surface area contributed by atoms with E-state index in [0.717, 1.165) is 5.69 Å². The SMILES string of the molecule is Cn1ccc(C(N)C2(O)CNC2)n1. The van der Waals surface area contributed by atoms with Crippen molar-refractivity contribution in [3.8, 4) is 0 Å². The average Bonchev–Trinajstić information content (AvgIpc) is 2.46. The quantitative estimate of drug-likeness (QED) is 0.534. The van der Waals surface area contributed by atoms with Crippen LogP contribution in [-0.4, -0.2) is 33.6 Å². The molecule has 1 aliphatic heterocycles. The van der Waals surface area contributed by atoms with Crippen LogP contribution in [0.3, 0.4) is 0 Å². The van der Waals surface area contributed by atoms with Crippen molar-refractivity contribution in [3.05, 3.63) is 18.0 Å². The molecule has 1 aliphatic rings. The van der Waals surface area contributed by atoms with E-state index in [1.807, 2.05) is 19.3 Å². The summed E-state index contributed by atoms with van der Waals surface area (Å²) in [5, 5.41) is 17.1. The first-order valence-corrected chi connectivity index (χ1v) is 4.30. The summed E-state index contributed by atoms with van der Waals surface area (Å²) in [4.78, 5) is 0. The largest absolute Gasteiger partial charge is 0.385 e. The number of hydrogen-bond donors (Lipinski definition) is 3. The minimum Gasteiger partial charge on any atom is -0.385 e. The number of aromatic nitrogens is 2. The molecule has 1 saturated heterocycles. The molecule has 1 aromatic heterocycles. The van der Waals surface area contributed by atoms with E-state index in [1.165, 1.54) is 0 Å². The van der Waals surface area contributed by atoms with Crippen LogP contribution in [0.4, 0.5) is 0 Å².